The summed E-state index contributed by atoms with van der Waals surface area (Å²) in [6, 6.07) is 17.9. The molecular weight excluding hydrogens is 346 g/mol. The molecule has 0 unspecified atom stereocenters. The van der Waals surface area contributed by atoms with E-state index in [1.54, 1.807) is 24.8 Å². The molecule has 4 nitrogen and oxygen atoms in total. The van der Waals surface area contributed by atoms with Gasteiger partial charge in [0.1, 0.15) is 0 Å². The number of aryl methyl sites for hydroxylation is 1. The zero-order valence-electron chi connectivity index (χ0n) is 15.7. The molecule has 0 amide bonds. The van der Waals surface area contributed by atoms with Crippen molar-refractivity contribution in [1.29, 1.82) is 0 Å². The van der Waals surface area contributed by atoms with Gasteiger partial charge in [0, 0.05) is 53.6 Å². The lowest BCUT2D eigenvalue weighted by Crippen LogP contribution is -2.04. The van der Waals surface area contributed by atoms with Crippen LogP contribution in [0.5, 0.6) is 0 Å². The summed E-state index contributed by atoms with van der Waals surface area (Å²) >= 11 is 0. The Balaban J connectivity index is 1.74. The number of nitrogens with zero attached hydrogens (tertiary/aromatic N) is 2. The summed E-state index contributed by atoms with van der Waals surface area (Å²) in [4.78, 5) is 24.9. The average Bonchev–Trinajstić information content (AvgIpc) is 3.11. The fourth-order valence-electron chi connectivity index (χ4n) is 3.51. The Hall–Kier alpha value is -3.53. The van der Waals surface area contributed by atoms with Gasteiger partial charge < -0.3 is 4.98 Å². The van der Waals surface area contributed by atoms with Gasteiger partial charge in [-0.3, -0.25) is 14.8 Å². The van der Waals surface area contributed by atoms with E-state index in [2.05, 4.69) is 27.1 Å². The maximum Gasteiger partial charge on any atom is 0.165 e. The maximum atomic E-state index is 13.2. The highest BCUT2D eigenvalue weighted by Crippen LogP contribution is 2.34. The number of nitrogens with one attached hydrogen (secondary N) is 1. The molecule has 0 bridgehead atoms. The van der Waals surface area contributed by atoms with Crippen LogP contribution in [0.25, 0.3) is 22.5 Å². The summed E-state index contributed by atoms with van der Waals surface area (Å²) in [7, 11) is 0. The van der Waals surface area contributed by atoms with Gasteiger partial charge in [0.15, 0.2) is 5.78 Å². The third kappa shape index (κ3) is 3.62. The number of Topliss-reactive ketones (excluding diaryl/α,β-unsaturated/α-hetero) is 1. The number of aromatic nitrogens is 3. The maximum absolute atomic E-state index is 13.2. The molecule has 4 aromatic rings. The highest BCUT2D eigenvalue weighted by molar-refractivity contribution is 6.05. The smallest absolute Gasteiger partial charge is 0.165 e. The number of carbonyl (C=O) groups excluding carboxylic acids is 1. The standard InChI is InChI=1S/C24H21N3O/c1-17-22(21(28)8-7-18-5-3-2-4-6-18)24(20-11-15-26-16-12-20)27-23(17)19-9-13-25-14-10-19/h2-6,9-16,27H,7-8H2,1H3. The first kappa shape index (κ1) is 17.9. The average molecular weight is 367 g/mol. The number of hydrogen-bond acceptors (Lipinski definition) is 3. The quantitative estimate of drug-likeness (QED) is 0.473. The molecule has 0 radical (unpaired) electrons. The van der Waals surface area contributed by atoms with Crippen molar-refractivity contribution in [3.05, 3.63) is 96.1 Å². The number of carbonyl (C=O) groups is 1. The van der Waals surface area contributed by atoms with E-state index in [9.17, 15) is 4.79 Å². The van der Waals surface area contributed by atoms with Crippen molar-refractivity contribution in [2.45, 2.75) is 19.8 Å². The molecule has 1 N–H and O–H groups in total. The van der Waals surface area contributed by atoms with Gasteiger partial charge in [0.2, 0.25) is 0 Å². The van der Waals surface area contributed by atoms with Crippen molar-refractivity contribution >= 4 is 5.78 Å². The predicted octanol–water partition coefficient (Wildman–Crippen LogP) is 5.26. The molecule has 1 aromatic carbocycles. The van der Waals surface area contributed by atoms with Crippen molar-refractivity contribution in [2.24, 2.45) is 0 Å². The summed E-state index contributed by atoms with van der Waals surface area (Å²) in [5.41, 5.74) is 6.68. The summed E-state index contributed by atoms with van der Waals surface area (Å²) in [6.07, 6.45) is 8.21. The second kappa shape index (κ2) is 8.01. The van der Waals surface area contributed by atoms with E-state index in [-0.39, 0.29) is 5.78 Å². The van der Waals surface area contributed by atoms with Crippen molar-refractivity contribution in [2.75, 3.05) is 0 Å². The second-order valence-electron chi connectivity index (χ2n) is 6.76. The number of pyridine rings is 2. The summed E-state index contributed by atoms with van der Waals surface area (Å²) in [5, 5.41) is 0. The Morgan fingerprint density at radius 3 is 2.00 bits per heavy atom. The Kier molecular flexibility index (Phi) is 5.11. The summed E-state index contributed by atoms with van der Waals surface area (Å²) in [6.45, 7) is 2.01. The van der Waals surface area contributed by atoms with Gasteiger partial charge in [-0.15, -0.1) is 0 Å². The summed E-state index contributed by atoms with van der Waals surface area (Å²) in [5.74, 6) is 0.143. The lowest BCUT2D eigenvalue weighted by molar-refractivity contribution is 0.0983. The molecule has 0 aliphatic heterocycles. The van der Waals surface area contributed by atoms with E-state index in [1.165, 1.54) is 5.56 Å². The first-order valence-electron chi connectivity index (χ1n) is 9.34. The number of rotatable bonds is 6. The Morgan fingerprint density at radius 2 is 1.39 bits per heavy atom. The SMILES string of the molecule is Cc1c(-c2ccncc2)[nH]c(-c2ccncc2)c1C(=O)CCc1ccccc1. The molecule has 0 aliphatic carbocycles. The van der Waals surface area contributed by atoms with Crippen LogP contribution in [0.3, 0.4) is 0 Å². The van der Waals surface area contributed by atoms with Crippen LogP contribution in [0, 0.1) is 6.92 Å². The van der Waals surface area contributed by atoms with Gasteiger partial charge >= 0.3 is 0 Å². The first-order chi connectivity index (χ1) is 13.7. The van der Waals surface area contributed by atoms with Crippen LogP contribution in [0.4, 0.5) is 0 Å². The van der Waals surface area contributed by atoms with Gasteiger partial charge in [-0.2, -0.15) is 0 Å². The third-order valence-electron chi connectivity index (χ3n) is 4.95. The number of hydrogen-bond donors (Lipinski definition) is 1. The van der Waals surface area contributed by atoms with E-state index in [1.807, 2.05) is 49.4 Å². The molecule has 3 heterocycles. The first-order valence-corrected chi connectivity index (χ1v) is 9.34. The summed E-state index contributed by atoms with van der Waals surface area (Å²) < 4.78 is 0. The topological polar surface area (TPSA) is 58.6 Å². The third-order valence-corrected chi connectivity index (χ3v) is 4.95. The number of ketones is 1. The molecule has 4 heteroatoms. The van der Waals surface area contributed by atoms with Crippen molar-refractivity contribution in [3.8, 4) is 22.5 Å². The van der Waals surface area contributed by atoms with Crippen molar-refractivity contribution < 1.29 is 4.79 Å². The van der Waals surface area contributed by atoms with Crippen molar-refractivity contribution in [3.63, 3.8) is 0 Å². The molecule has 3 aromatic heterocycles. The largest absolute Gasteiger partial charge is 0.354 e. The van der Waals surface area contributed by atoms with E-state index in [0.717, 1.165) is 40.1 Å². The van der Waals surface area contributed by atoms with Crippen LogP contribution in [0.1, 0.15) is 27.9 Å². The highest BCUT2D eigenvalue weighted by Gasteiger charge is 2.22. The van der Waals surface area contributed by atoms with Gasteiger partial charge in [-0.05, 0) is 48.7 Å². The van der Waals surface area contributed by atoms with Gasteiger partial charge in [0.05, 0.1) is 5.69 Å². The molecule has 138 valence electrons. The molecule has 0 atom stereocenters. The normalized spacial score (nSPS) is 10.8. The highest BCUT2D eigenvalue weighted by atomic mass is 16.1. The second-order valence-corrected chi connectivity index (χ2v) is 6.76. The fourth-order valence-corrected chi connectivity index (χ4v) is 3.51. The lowest BCUT2D eigenvalue weighted by Gasteiger charge is -2.06. The minimum atomic E-state index is 0.143. The molecule has 0 aliphatic rings. The monoisotopic (exact) mass is 367 g/mol. The molecule has 4 rings (SSSR count). The fraction of sp³-hybridized carbons (Fsp3) is 0.125. The molecule has 0 fully saturated rings. The van der Waals surface area contributed by atoms with E-state index in [4.69, 9.17) is 0 Å². The Bertz CT molecular complexity index is 1070. The van der Waals surface area contributed by atoms with Crippen LogP contribution in [0.2, 0.25) is 0 Å². The molecule has 0 spiro atoms. The zero-order chi connectivity index (χ0) is 19.3. The number of H-pyrrole nitrogens is 1. The molecular formula is C24H21N3O. The minimum Gasteiger partial charge on any atom is -0.354 e. The van der Waals surface area contributed by atoms with E-state index in [0.29, 0.717) is 6.42 Å². The van der Waals surface area contributed by atoms with Crippen molar-refractivity contribution in [1.82, 2.24) is 15.0 Å². The lowest BCUT2D eigenvalue weighted by atomic mass is 9.96. The van der Waals surface area contributed by atoms with Crippen LogP contribution in [0.15, 0.2) is 79.4 Å². The van der Waals surface area contributed by atoms with Crippen LogP contribution >= 0.6 is 0 Å². The predicted molar refractivity (Wildman–Crippen MR) is 111 cm³/mol. The number of aromatic amines is 1. The molecule has 28 heavy (non-hydrogen) atoms. The minimum absolute atomic E-state index is 0.143. The molecule has 0 saturated heterocycles. The Labute approximate surface area is 164 Å². The van der Waals surface area contributed by atoms with Crippen LogP contribution in [-0.2, 0) is 6.42 Å². The van der Waals surface area contributed by atoms with Crippen LogP contribution < -0.4 is 0 Å². The van der Waals surface area contributed by atoms with Gasteiger partial charge in [-0.25, -0.2) is 0 Å². The van der Waals surface area contributed by atoms with Crippen LogP contribution in [-0.4, -0.2) is 20.7 Å². The van der Waals surface area contributed by atoms with E-state index >= 15 is 0 Å². The molecule has 0 saturated carbocycles. The number of benzene rings is 1. The van der Waals surface area contributed by atoms with E-state index < -0.39 is 0 Å². The van der Waals surface area contributed by atoms with Gasteiger partial charge in [0.25, 0.3) is 0 Å². The Morgan fingerprint density at radius 1 is 0.821 bits per heavy atom. The zero-order valence-corrected chi connectivity index (χ0v) is 15.7. The van der Waals surface area contributed by atoms with Gasteiger partial charge in [-0.1, -0.05) is 30.3 Å².